The van der Waals surface area contributed by atoms with Gasteiger partial charge in [-0.15, -0.1) is 15.3 Å². The number of rotatable bonds is 4. The molecule has 0 saturated heterocycles. The molecule has 3 rings (SSSR count). The Morgan fingerprint density at radius 1 is 1.10 bits per heavy atom. The predicted molar refractivity (Wildman–Crippen MR) is 79.5 cm³/mol. The second kappa shape index (κ2) is 5.25. The SMILES string of the molecule is Cc1nn(-c2ccc3nnc(C)n3n2)c(C)c1CCCN. The number of aryl methyl sites for hydroxylation is 2. The molecule has 7 nitrogen and oxygen atoms in total. The molecule has 0 amide bonds. The van der Waals surface area contributed by atoms with Crippen molar-refractivity contribution >= 4 is 5.65 Å². The van der Waals surface area contributed by atoms with Crippen LogP contribution in [-0.4, -0.2) is 36.1 Å². The standard InChI is InChI=1S/C14H19N7/c1-9-12(5-4-8-15)10(2)20(18-9)14-7-6-13-17-16-11(3)21(13)19-14/h6-7H,4-5,8,15H2,1-3H3. The van der Waals surface area contributed by atoms with E-state index in [1.165, 1.54) is 5.56 Å². The number of nitrogens with zero attached hydrogens (tertiary/aromatic N) is 6. The fourth-order valence-electron chi connectivity index (χ4n) is 2.54. The molecule has 110 valence electrons. The van der Waals surface area contributed by atoms with Gasteiger partial charge in [0.1, 0.15) is 0 Å². The van der Waals surface area contributed by atoms with Crippen molar-refractivity contribution in [3.63, 3.8) is 0 Å². The summed E-state index contributed by atoms with van der Waals surface area (Å²) in [4.78, 5) is 0. The molecule has 0 aliphatic carbocycles. The van der Waals surface area contributed by atoms with Crippen LogP contribution >= 0.6 is 0 Å². The molecule has 3 aromatic rings. The van der Waals surface area contributed by atoms with Gasteiger partial charge in [0.25, 0.3) is 0 Å². The van der Waals surface area contributed by atoms with Gasteiger partial charge in [0.2, 0.25) is 0 Å². The molecule has 0 bridgehead atoms. The molecule has 0 aliphatic rings. The molecule has 0 fully saturated rings. The summed E-state index contributed by atoms with van der Waals surface area (Å²) in [5.41, 5.74) is 9.74. The van der Waals surface area contributed by atoms with Crippen LogP contribution in [0.5, 0.6) is 0 Å². The number of nitrogens with two attached hydrogens (primary N) is 1. The summed E-state index contributed by atoms with van der Waals surface area (Å²) < 4.78 is 3.60. The van der Waals surface area contributed by atoms with E-state index >= 15 is 0 Å². The Bertz CT molecular complexity index is 784. The Morgan fingerprint density at radius 2 is 1.90 bits per heavy atom. The highest BCUT2D eigenvalue weighted by Gasteiger charge is 2.14. The van der Waals surface area contributed by atoms with Crippen molar-refractivity contribution < 1.29 is 0 Å². The summed E-state index contributed by atoms with van der Waals surface area (Å²) >= 11 is 0. The van der Waals surface area contributed by atoms with E-state index in [1.807, 2.05) is 30.7 Å². The zero-order valence-electron chi connectivity index (χ0n) is 12.5. The third-order valence-corrected chi connectivity index (χ3v) is 3.69. The maximum absolute atomic E-state index is 5.60. The van der Waals surface area contributed by atoms with Crippen LogP contribution in [0.1, 0.15) is 29.2 Å². The minimum absolute atomic E-state index is 0.689. The molecule has 3 aromatic heterocycles. The number of aromatic nitrogens is 6. The first-order valence-electron chi connectivity index (χ1n) is 7.06. The minimum atomic E-state index is 0.689. The predicted octanol–water partition coefficient (Wildman–Crippen LogP) is 1.13. The molecule has 7 heteroatoms. The molecule has 2 N–H and O–H groups in total. The van der Waals surface area contributed by atoms with Crippen LogP contribution in [0.4, 0.5) is 0 Å². The third-order valence-electron chi connectivity index (χ3n) is 3.69. The van der Waals surface area contributed by atoms with E-state index in [2.05, 4.69) is 27.3 Å². The molecule has 0 radical (unpaired) electrons. The van der Waals surface area contributed by atoms with E-state index in [4.69, 9.17) is 5.73 Å². The summed E-state index contributed by atoms with van der Waals surface area (Å²) in [6, 6.07) is 3.81. The number of hydrogen-bond donors (Lipinski definition) is 1. The largest absolute Gasteiger partial charge is 0.330 e. The van der Waals surface area contributed by atoms with Gasteiger partial charge in [-0.3, -0.25) is 0 Å². The third kappa shape index (κ3) is 2.29. The van der Waals surface area contributed by atoms with Gasteiger partial charge in [-0.1, -0.05) is 0 Å². The van der Waals surface area contributed by atoms with Gasteiger partial charge in [0.05, 0.1) is 5.69 Å². The van der Waals surface area contributed by atoms with Crippen LogP contribution in [-0.2, 0) is 6.42 Å². The smallest absolute Gasteiger partial charge is 0.178 e. The molecular weight excluding hydrogens is 266 g/mol. The van der Waals surface area contributed by atoms with Crippen molar-refractivity contribution in [1.29, 1.82) is 0 Å². The van der Waals surface area contributed by atoms with Gasteiger partial charge in [-0.05, 0) is 57.9 Å². The first kappa shape index (κ1) is 13.7. The molecule has 0 unspecified atom stereocenters. The van der Waals surface area contributed by atoms with Crippen molar-refractivity contribution in [2.75, 3.05) is 6.54 Å². The molecule has 0 aliphatic heterocycles. The van der Waals surface area contributed by atoms with E-state index in [0.717, 1.165) is 41.5 Å². The Hall–Kier alpha value is -2.28. The molecule has 21 heavy (non-hydrogen) atoms. The fraction of sp³-hybridized carbons (Fsp3) is 0.429. The van der Waals surface area contributed by atoms with Crippen LogP contribution < -0.4 is 5.73 Å². The second-order valence-corrected chi connectivity index (χ2v) is 5.16. The highest BCUT2D eigenvalue weighted by molar-refractivity contribution is 5.40. The zero-order chi connectivity index (χ0) is 15.0. The van der Waals surface area contributed by atoms with Gasteiger partial charge in [-0.25, -0.2) is 4.68 Å². The summed E-state index contributed by atoms with van der Waals surface area (Å²) in [7, 11) is 0. The summed E-state index contributed by atoms with van der Waals surface area (Å²) in [5.74, 6) is 1.53. The Balaban J connectivity index is 2.07. The lowest BCUT2D eigenvalue weighted by atomic mass is 10.1. The maximum Gasteiger partial charge on any atom is 0.178 e. The molecular formula is C14H19N7. The fourth-order valence-corrected chi connectivity index (χ4v) is 2.54. The molecule has 0 spiro atoms. The van der Waals surface area contributed by atoms with Crippen LogP contribution in [0.2, 0.25) is 0 Å². The topological polar surface area (TPSA) is 86.9 Å². The van der Waals surface area contributed by atoms with E-state index in [0.29, 0.717) is 6.54 Å². The molecule has 0 atom stereocenters. The van der Waals surface area contributed by atoms with Gasteiger partial charge >= 0.3 is 0 Å². The van der Waals surface area contributed by atoms with Crippen molar-refractivity contribution in [2.45, 2.75) is 33.6 Å². The van der Waals surface area contributed by atoms with Crippen molar-refractivity contribution in [2.24, 2.45) is 5.73 Å². The lowest BCUT2D eigenvalue weighted by Crippen LogP contribution is -2.06. The maximum atomic E-state index is 5.60. The normalized spacial score (nSPS) is 11.4. The van der Waals surface area contributed by atoms with Gasteiger partial charge in [-0.2, -0.15) is 9.61 Å². The Labute approximate surface area is 122 Å². The average Bonchev–Trinajstić information content (AvgIpc) is 2.98. The van der Waals surface area contributed by atoms with E-state index in [9.17, 15) is 0 Å². The molecule has 3 heterocycles. The van der Waals surface area contributed by atoms with E-state index in [-0.39, 0.29) is 0 Å². The van der Waals surface area contributed by atoms with Crippen molar-refractivity contribution in [3.8, 4) is 5.82 Å². The van der Waals surface area contributed by atoms with Crippen LogP contribution in [0.15, 0.2) is 12.1 Å². The van der Waals surface area contributed by atoms with Gasteiger partial charge in [0.15, 0.2) is 17.3 Å². The average molecular weight is 285 g/mol. The van der Waals surface area contributed by atoms with Gasteiger partial charge < -0.3 is 5.73 Å². The quantitative estimate of drug-likeness (QED) is 0.776. The second-order valence-electron chi connectivity index (χ2n) is 5.16. The minimum Gasteiger partial charge on any atom is -0.330 e. The molecule has 0 saturated carbocycles. The van der Waals surface area contributed by atoms with Crippen LogP contribution in [0.3, 0.4) is 0 Å². The summed E-state index contributed by atoms with van der Waals surface area (Å²) in [6.45, 7) is 6.66. The highest BCUT2D eigenvalue weighted by Crippen LogP contribution is 2.18. The van der Waals surface area contributed by atoms with Crippen molar-refractivity contribution in [3.05, 3.63) is 34.9 Å². The van der Waals surface area contributed by atoms with Crippen molar-refractivity contribution in [1.82, 2.24) is 29.6 Å². The Kier molecular flexibility index (Phi) is 3.42. The van der Waals surface area contributed by atoms with E-state index in [1.54, 1.807) is 4.52 Å². The first-order chi connectivity index (χ1) is 10.1. The summed E-state index contributed by atoms with van der Waals surface area (Å²) in [5, 5.41) is 17.3. The van der Waals surface area contributed by atoms with Crippen LogP contribution in [0.25, 0.3) is 11.5 Å². The first-order valence-corrected chi connectivity index (χ1v) is 7.06. The number of hydrogen-bond acceptors (Lipinski definition) is 5. The monoisotopic (exact) mass is 285 g/mol. The van der Waals surface area contributed by atoms with E-state index < -0.39 is 0 Å². The lowest BCUT2D eigenvalue weighted by molar-refractivity contribution is 0.753. The molecule has 0 aromatic carbocycles. The zero-order valence-corrected chi connectivity index (χ0v) is 12.5. The summed E-state index contributed by atoms with van der Waals surface area (Å²) in [6.07, 6.45) is 1.91. The highest BCUT2D eigenvalue weighted by atomic mass is 15.4. The Morgan fingerprint density at radius 3 is 2.67 bits per heavy atom. The van der Waals surface area contributed by atoms with Gasteiger partial charge in [0, 0.05) is 5.69 Å². The van der Waals surface area contributed by atoms with Crippen LogP contribution in [0, 0.1) is 20.8 Å². The lowest BCUT2D eigenvalue weighted by Gasteiger charge is -2.05. The number of fused-ring (bicyclic) bond motifs is 1.